The number of hydrogen-bond donors (Lipinski definition) is 2. The Morgan fingerprint density at radius 3 is 2.62 bits per heavy atom. The second-order valence-electron chi connectivity index (χ2n) is 5.21. The lowest BCUT2D eigenvalue weighted by atomic mass is 10.2. The van der Waals surface area contributed by atoms with E-state index in [9.17, 15) is 4.39 Å². The van der Waals surface area contributed by atoms with Crippen LogP contribution >= 0.6 is 0 Å². The van der Waals surface area contributed by atoms with Crippen molar-refractivity contribution in [3.8, 4) is 5.75 Å². The van der Waals surface area contributed by atoms with Gasteiger partial charge in [0.05, 0.1) is 23.7 Å². The van der Waals surface area contributed by atoms with Gasteiger partial charge in [-0.1, -0.05) is 0 Å². The Bertz CT molecular complexity index is 625. The quantitative estimate of drug-likeness (QED) is 0.823. The van der Waals surface area contributed by atoms with E-state index in [1.807, 2.05) is 27.7 Å². The first-order chi connectivity index (χ1) is 9.86. The van der Waals surface area contributed by atoms with Crippen LogP contribution in [0.5, 0.6) is 5.75 Å². The largest absolute Gasteiger partial charge is 0.488 e. The summed E-state index contributed by atoms with van der Waals surface area (Å²) in [4.78, 5) is 4.15. The molecule has 2 aromatic rings. The maximum atomic E-state index is 13.8. The number of nitrogens with two attached hydrogens (primary N) is 1. The fraction of sp³-hybridized carbons (Fsp3) is 0.400. The van der Waals surface area contributed by atoms with Gasteiger partial charge in [0.2, 0.25) is 5.89 Å². The molecule has 6 heteroatoms. The lowest BCUT2D eigenvalue weighted by molar-refractivity contribution is 0.231. The number of anilines is 2. The maximum Gasteiger partial charge on any atom is 0.216 e. The first kappa shape index (κ1) is 15.2. The minimum absolute atomic E-state index is 0.122. The third kappa shape index (κ3) is 3.65. The van der Waals surface area contributed by atoms with E-state index >= 15 is 0 Å². The predicted octanol–water partition coefficient (Wildman–Crippen LogP) is 3.66. The zero-order chi connectivity index (χ0) is 15.6. The van der Waals surface area contributed by atoms with E-state index < -0.39 is 5.82 Å². The number of nitrogens with zero attached hydrogens (tertiary/aromatic N) is 1. The Hall–Kier alpha value is -2.24. The molecule has 0 bridgehead atoms. The summed E-state index contributed by atoms with van der Waals surface area (Å²) >= 11 is 0. The van der Waals surface area contributed by atoms with Gasteiger partial charge >= 0.3 is 0 Å². The number of nitrogen functional groups attached to an aromatic ring is 1. The van der Waals surface area contributed by atoms with Crippen LogP contribution in [0.15, 0.2) is 22.7 Å². The molecule has 0 fully saturated rings. The molecule has 1 aromatic carbocycles. The van der Waals surface area contributed by atoms with Crippen molar-refractivity contribution in [2.75, 3.05) is 11.1 Å². The molecule has 1 unspecified atom stereocenters. The average molecular weight is 293 g/mol. The van der Waals surface area contributed by atoms with Crippen molar-refractivity contribution in [1.29, 1.82) is 0 Å². The third-order valence-corrected chi connectivity index (χ3v) is 2.85. The molecule has 0 spiro atoms. The second kappa shape index (κ2) is 6.03. The van der Waals surface area contributed by atoms with Crippen molar-refractivity contribution >= 4 is 11.4 Å². The fourth-order valence-electron chi connectivity index (χ4n) is 1.91. The van der Waals surface area contributed by atoms with Crippen LogP contribution in [0.4, 0.5) is 15.8 Å². The van der Waals surface area contributed by atoms with Crippen molar-refractivity contribution in [2.24, 2.45) is 0 Å². The van der Waals surface area contributed by atoms with E-state index in [-0.39, 0.29) is 17.9 Å². The lowest BCUT2D eigenvalue weighted by Crippen LogP contribution is -2.11. The highest BCUT2D eigenvalue weighted by molar-refractivity contribution is 5.69. The fourth-order valence-corrected chi connectivity index (χ4v) is 1.91. The molecule has 0 aliphatic heterocycles. The highest BCUT2D eigenvalue weighted by atomic mass is 19.1. The molecule has 0 amide bonds. The zero-order valence-electron chi connectivity index (χ0n) is 12.6. The van der Waals surface area contributed by atoms with E-state index in [1.165, 1.54) is 6.07 Å². The number of aryl methyl sites for hydroxylation is 1. The van der Waals surface area contributed by atoms with Crippen LogP contribution in [0.1, 0.15) is 38.5 Å². The Balaban J connectivity index is 2.22. The topological polar surface area (TPSA) is 73.3 Å². The monoisotopic (exact) mass is 293 g/mol. The van der Waals surface area contributed by atoms with E-state index in [0.717, 1.165) is 5.76 Å². The van der Waals surface area contributed by atoms with E-state index in [1.54, 1.807) is 12.3 Å². The summed E-state index contributed by atoms with van der Waals surface area (Å²) in [5.74, 6) is 0.959. The molecule has 1 heterocycles. The Labute approximate surface area is 123 Å². The molecule has 3 N–H and O–H groups in total. The van der Waals surface area contributed by atoms with Gasteiger partial charge in [0.1, 0.15) is 11.8 Å². The van der Waals surface area contributed by atoms with E-state index in [0.29, 0.717) is 17.3 Å². The summed E-state index contributed by atoms with van der Waals surface area (Å²) in [7, 11) is 0. The predicted molar refractivity (Wildman–Crippen MR) is 79.9 cm³/mol. The number of ether oxygens (including phenoxy) is 1. The van der Waals surface area contributed by atoms with Gasteiger partial charge in [-0.2, -0.15) is 0 Å². The number of rotatable bonds is 5. The maximum absolute atomic E-state index is 13.8. The molecule has 0 aliphatic rings. The number of nitrogens with one attached hydrogen (secondary N) is 1. The van der Waals surface area contributed by atoms with Gasteiger partial charge in [0.15, 0.2) is 11.6 Å². The number of benzene rings is 1. The summed E-state index contributed by atoms with van der Waals surface area (Å²) in [6.45, 7) is 7.38. The molecule has 2 rings (SSSR count). The molecule has 21 heavy (non-hydrogen) atoms. The van der Waals surface area contributed by atoms with Crippen LogP contribution < -0.4 is 15.8 Å². The minimum atomic E-state index is -0.480. The number of hydrogen-bond acceptors (Lipinski definition) is 5. The molecule has 114 valence electrons. The summed E-state index contributed by atoms with van der Waals surface area (Å²) < 4.78 is 24.7. The van der Waals surface area contributed by atoms with Crippen LogP contribution in [0, 0.1) is 12.7 Å². The molecule has 1 atom stereocenters. The molecule has 1 aromatic heterocycles. The Morgan fingerprint density at radius 2 is 2.05 bits per heavy atom. The summed E-state index contributed by atoms with van der Waals surface area (Å²) in [5, 5.41) is 3.15. The normalized spacial score (nSPS) is 12.5. The summed E-state index contributed by atoms with van der Waals surface area (Å²) in [6.07, 6.45) is 1.53. The minimum Gasteiger partial charge on any atom is -0.488 e. The third-order valence-electron chi connectivity index (χ3n) is 2.85. The molecular weight excluding hydrogens is 273 g/mol. The van der Waals surface area contributed by atoms with Crippen molar-refractivity contribution in [2.45, 2.75) is 39.8 Å². The van der Waals surface area contributed by atoms with Gasteiger partial charge in [-0.3, -0.25) is 0 Å². The smallest absolute Gasteiger partial charge is 0.216 e. The van der Waals surface area contributed by atoms with Crippen molar-refractivity contribution in [3.05, 3.63) is 35.8 Å². The van der Waals surface area contributed by atoms with Gasteiger partial charge in [-0.05, 0) is 27.7 Å². The Kier molecular flexibility index (Phi) is 4.35. The van der Waals surface area contributed by atoms with E-state index in [4.69, 9.17) is 14.9 Å². The average Bonchev–Trinajstić information content (AvgIpc) is 2.81. The second-order valence-corrected chi connectivity index (χ2v) is 5.21. The lowest BCUT2D eigenvalue weighted by Gasteiger charge is -2.17. The Morgan fingerprint density at radius 1 is 1.33 bits per heavy atom. The van der Waals surface area contributed by atoms with Gasteiger partial charge in [-0.25, -0.2) is 9.37 Å². The SMILES string of the molecule is Cc1cnc(C(C)Nc2cc(OC(C)C)c(F)cc2N)o1. The highest BCUT2D eigenvalue weighted by Gasteiger charge is 2.15. The van der Waals surface area contributed by atoms with Gasteiger partial charge in [0, 0.05) is 12.1 Å². The van der Waals surface area contributed by atoms with E-state index in [2.05, 4.69) is 10.3 Å². The molecular formula is C15H20FN3O2. The van der Waals surface area contributed by atoms with Crippen LogP contribution in [-0.2, 0) is 0 Å². The number of oxazole rings is 1. The van der Waals surface area contributed by atoms with Crippen molar-refractivity contribution < 1.29 is 13.5 Å². The molecule has 5 nitrogen and oxygen atoms in total. The van der Waals surface area contributed by atoms with Crippen LogP contribution in [0.25, 0.3) is 0 Å². The van der Waals surface area contributed by atoms with Crippen molar-refractivity contribution in [1.82, 2.24) is 4.98 Å². The van der Waals surface area contributed by atoms with Crippen LogP contribution in [0.2, 0.25) is 0 Å². The molecule has 0 aliphatic carbocycles. The highest BCUT2D eigenvalue weighted by Crippen LogP contribution is 2.31. The summed E-state index contributed by atoms with van der Waals surface area (Å²) in [6, 6.07) is 2.60. The number of halogens is 1. The van der Waals surface area contributed by atoms with Crippen LogP contribution in [0.3, 0.4) is 0 Å². The first-order valence-corrected chi connectivity index (χ1v) is 6.81. The first-order valence-electron chi connectivity index (χ1n) is 6.81. The molecule has 0 saturated carbocycles. The summed E-state index contributed by atoms with van der Waals surface area (Å²) in [5.41, 5.74) is 6.73. The van der Waals surface area contributed by atoms with Gasteiger partial charge < -0.3 is 20.2 Å². The van der Waals surface area contributed by atoms with Crippen molar-refractivity contribution in [3.63, 3.8) is 0 Å². The number of aromatic nitrogens is 1. The zero-order valence-corrected chi connectivity index (χ0v) is 12.6. The molecule has 0 radical (unpaired) electrons. The van der Waals surface area contributed by atoms with Gasteiger partial charge in [0.25, 0.3) is 0 Å². The standard InChI is InChI=1S/C15H20FN3O2/c1-8(2)20-14-6-13(12(17)5-11(14)16)19-10(4)15-18-7-9(3)21-15/h5-8,10,19H,17H2,1-4H3. The van der Waals surface area contributed by atoms with Crippen LogP contribution in [-0.4, -0.2) is 11.1 Å². The molecule has 0 saturated heterocycles. The van der Waals surface area contributed by atoms with Gasteiger partial charge in [-0.15, -0.1) is 0 Å².